The Kier molecular flexibility index (Phi) is 4.66. The standard InChI is InChI=1S/C13H24N2O2/c1-2-15(10-12-8-5-9-17-12)13(16)14-11-6-3-4-7-11/h11-12H,2-10H2,1H3,(H,14,16). The largest absolute Gasteiger partial charge is 0.376 e. The second-order valence-electron chi connectivity index (χ2n) is 5.10. The van der Waals surface area contributed by atoms with Crippen LogP contribution in [0.5, 0.6) is 0 Å². The van der Waals surface area contributed by atoms with Crippen LogP contribution >= 0.6 is 0 Å². The van der Waals surface area contributed by atoms with E-state index in [2.05, 4.69) is 5.32 Å². The molecule has 4 nitrogen and oxygen atoms in total. The van der Waals surface area contributed by atoms with Crippen molar-refractivity contribution >= 4 is 6.03 Å². The van der Waals surface area contributed by atoms with Crippen LogP contribution in [0, 0.1) is 0 Å². The van der Waals surface area contributed by atoms with Gasteiger partial charge in [0.05, 0.1) is 6.10 Å². The van der Waals surface area contributed by atoms with Gasteiger partial charge in [0.1, 0.15) is 0 Å². The molecular formula is C13H24N2O2. The Labute approximate surface area is 104 Å². The van der Waals surface area contributed by atoms with E-state index in [1.807, 2.05) is 11.8 Å². The summed E-state index contributed by atoms with van der Waals surface area (Å²) in [6, 6.07) is 0.496. The van der Waals surface area contributed by atoms with Gasteiger partial charge in [0.15, 0.2) is 0 Å². The van der Waals surface area contributed by atoms with E-state index in [4.69, 9.17) is 4.74 Å². The molecule has 1 atom stereocenters. The summed E-state index contributed by atoms with van der Waals surface area (Å²) in [5, 5.41) is 3.14. The maximum atomic E-state index is 12.1. The van der Waals surface area contributed by atoms with Gasteiger partial charge in [-0.25, -0.2) is 4.79 Å². The van der Waals surface area contributed by atoms with E-state index in [9.17, 15) is 4.79 Å². The lowest BCUT2D eigenvalue weighted by Crippen LogP contribution is -2.46. The van der Waals surface area contributed by atoms with Crippen LogP contribution < -0.4 is 5.32 Å². The van der Waals surface area contributed by atoms with Gasteiger partial charge in [-0.15, -0.1) is 0 Å². The second kappa shape index (κ2) is 6.24. The quantitative estimate of drug-likeness (QED) is 0.818. The van der Waals surface area contributed by atoms with Gasteiger partial charge in [0.25, 0.3) is 0 Å². The van der Waals surface area contributed by atoms with Gasteiger partial charge in [-0.05, 0) is 32.6 Å². The molecule has 1 saturated heterocycles. The van der Waals surface area contributed by atoms with E-state index in [1.165, 1.54) is 12.8 Å². The first-order chi connectivity index (χ1) is 8.29. The van der Waals surface area contributed by atoms with E-state index in [1.54, 1.807) is 0 Å². The van der Waals surface area contributed by atoms with Crippen molar-refractivity contribution in [2.45, 2.75) is 57.6 Å². The number of urea groups is 1. The topological polar surface area (TPSA) is 41.6 Å². The molecule has 1 saturated carbocycles. The van der Waals surface area contributed by atoms with Crippen molar-refractivity contribution < 1.29 is 9.53 Å². The van der Waals surface area contributed by atoms with E-state index < -0.39 is 0 Å². The zero-order chi connectivity index (χ0) is 12.1. The summed E-state index contributed by atoms with van der Waals surface area (Å²) in [4.78, 5) is 14.0. The molecule has 0 radical (unpaired) electrons. The van der Waals surface area contributed by atoms with Crippen LogP contribution in [0.15, 0.2) is 0 Å². The maximum absolute atomic E-state index is 12.1. The van der Waals surface area contributed by atoms with Gasteiger partial charge < -0.3 is 15.0 Å². The van der Waals surface area contributed by atoms with Crippen LogP contribution in [0.25, 0.3) is 0 Å². The fraction of sp³-hybridized carbons (Fsp3) is 0.923. The minimum absolute atomic E-state index is 0.0925. The molecule has 0 spiro atoms. The van der Waals surface area contributed by atoms with Crippen LogP contribution in [0.4, 0.5) is 4.79 Å². The first-order valence-corrected chi connectivity index (χ1v) is 6.96. The minimum Gasteiger partial charge on any atom is -0.376 e. The predicted octanol–water partition coefficient (Wildman–Crippen LogP) is 2.14. The number of hydrogen-bond donors (Lipinski definition) is 1. The Morgan fingerprint density at radius 3 is 2.65 bits per heavy atom. The lowest BCUT2D eigenvalue weighted by Gasteiger charge is -2.26. The number of carbonyl (C=O) groups excluding carboxylic acids is 1. The summed E-state index contributed by atoms with van der Waals surface area (Å²) in [5.41, 5.74) is 0. The highest BCUT2D eigenvalue weighted by atomic mass is 16.5. The van der Waals surface area contributed by atoms with Gasteiger partial charge >= 0.3 is 6.03 Å². The number of carbonyl (C=O) groups is 1. The van der Waals surface area contributed by atoms with E-state index in [0.29, 0.717) is 6.04 Å². The van der Waals surface area contributed by atoms with Crippen molar-refractivity contribution in [2.75, 3.05) is 19.7 Å². The summed E-state index contributed by atoms with van der Waals surface area (Å²) in [6.07, 6.45) is 7.27. The van der Waals surface area contributed by atoms with Gasteiger partial charge in [-0.2, -0.15) is 0 Å². The molecule has 1 heterocycles. The molecule has 1 unspecified atom stereocenters. The maximum Gasteiger partial charge on any atom is 0.317 e. The Balaban J connectivity index is 1.77. The number of amides is 2. The highest BCUT2D eigenvalue weighted by Crippen LogP contribution is 2.18. The summed E-state index contributed by atoms with van der Waals surface area (Å²) in [5.74, 6) is 0. The molecule has 1 aliphatic heterocycles. The van der Waals surface area contributed by atoms with Gasteiger partial charge in [-0.1, -0.05) is 12.8 Å². The molecule has 17 heavy (non-hydrogen) atoms. The fourth-order valence-electron chi connectivity index (χ4n) is 2.73. The molecule has 0 aromatic carbocycles. The average Bonchev–Trinajstić information content (AvgIpc) is 2.97. The third-order valence-corrected chi connectivity index (χ3v) is 3.80. The average molecular weight is 240 g/mol. The monoisotopic (exact) mass is 240 g/mol. The van der Waals surface area contributed by atoms with E-state index in [-0.39, 0.29) is 12.1 Å². The predicted molar refractivity (Wildman–Crippen MR) is 67.0 cm³/mol. The van der Waals surface area contributed by atoms with Crippen molar-refractivity contribution in [3.63, 3.8) is 0 Å². The highest BCUT2D eigenvalue weighted by molar-refractivity contribution is 5.74. The molecule has 0 aromatic heterocycles. The third-order valence-electron chi connectivity index (χ3n) is 3.80. The van der Waals surface area contributed by atoms with E-state index in [0.717, 1.165) is 45.4 Å². The Bertz CT molecular complexity index is 246. The molecular weight excluding hydrogens is 216 g/mol. The molecule has 98 valence electrons. The lowest BCUT2D eigenvalue weighted by atomic mass is 10.2. The van der Waals surface area contributed by atoms with Crippen molar-refractivity contribution in [1.29, 1.82) is 0 Å². The van der Waals surface area contributed by atoms with Gasteiger partial charge in [0, 0.05) is 25.7 Å². The second-order valence-corrected chi connectivity index (χ2v) is 5.10. The van der Waals surface area contributed by atoms with Crippen molar-refractivity contribution in [1.82, 2.24) is 10.2 Å². The molecule has 0 bridgehead atoms. The number of nitrogens with one attached hydrogen (secondary N) is 1. The van der Waals surface area contributed by atoms with E-state index >= 15 is 0 Å². The molecule has 1 aliphatic carbocycles. The summed E-state index contributed by atoms with van der Waals surface area (Å²) < 4.78 is 5.58. The Morgan fingerprint density at radius 2 is 2.06 bits per heavy atom. The first-order valence-electron chi connectivity index (χ1n) is 6.96. The Morgan fingerprint density at radius 1 is 1.29 bits per heavy atom. The lowest BCUT2D eigenvalue weighted by molar-refractivity contribution is 0.0821. The number of hydrogen-bond acceptors (Lipinski definition) is 2. The van der Waals surface area contributed by atoms with Crippen LogP contribution in [0.3, 0.4) is 0 Å². The van der Waals surface area contributed by atoms with Gasteiger partial charge in [-0.3, -0.25) is 0 Å². The number of likely N-dealkylation sites (N-methyl/N-ethyl adjacent to an activating group) is 1. The number of ether oxygens (including phenoxy) is 1. The van der Waals surface area contributed by atoms with Crippen LogP contribution in [0.1, 0.15) is 45.4 Å². The van der Waals surface area contributed by atoms with Gasteiger partial charge in [0.2, 0.25) is 0 Å². The van der Waals surface area contributed by atoms with Crippen LogP contribution in [0.2, 0.25) is 0 Å². The zero-order valence-corrected chi connectivity index (χ0v) is 10.8. The van der Waals surface area contributed by atoms with Crippen LogP contribution in [-0.4, -0.2) is 42.8 Å². The third kappa shape index (κ3) is 3.60. The van der Waals surface area contributed by atoms with Crippen molar-refractivity contribution in [2.24, 2.45) is 0 Å². The van der Waals surface area contributed by atoms with Crippen molar-refractivity contribution in [3.8, 4) is 0 Å². The van der Waals surface area contributed by atoms with Crippen LogP contribution in [-0.2, 0) is 4.74 Å². The highest BCUT2D eigenvalue weighted by Gasteiger charge is 2.24. The molecule has 1 N–H and O–H groups in total. The zero-order valence-electron chi connectivity index (χ0n) is 10.8. The molecule has 2 rings (SSSR count). The summed E-state index contributed by atoms with van der Waals surface area (Å²) in [7, 11) is 0. The SMILES string of the molecule is CCN(CC1CCCO1)C(=O)NC1CCCC1. The summed E-state index contributed by atoms with van der Waals surface area (Å²) in [6.45, 7) is 4.39. The number of rotatable bonds is 4. The molecule has 2 aliphatic rings. The fourth-order valence-corrected chi connectivity index (χ4v) is 2.73. The minimum atomic E-state index is 0.0925. The molecule has 2 fully saturated rings. The number of nitrogens with zero attached hydrogens (tertiary/aromatic N) is 1. The first kappa shape index (κ1) is 12.7. The molecule has 2 amide bonds. The summed E-state index contributed by atoms with van der Waals surface area (Å²) >= 11 is 0. The molecule has 4 heteroatoms. The normalized spacial score (nSPS) is 25.1. The molecule has 0 aromatic rings. The van der Waals surface area contributed by atoms with Crippen molar-refractivity contribution in [3.05, 3.63) is 0 Å². The Hall–Kier alpha value is -0.770. The smallest absolute Gasteiger partial charge is 0.317 e.